The van der Waals surface area contributed by atoms with Crippen molar-refractivity contribution in [3.8, 4) is 0 Å². The Bertz CT molecular complexity index is 192. The molecule has 1 heterocycles. The summed E-state index contributed by atoms with van der Waals surface area (Å²) < 4.78 is 0. The zero-order valence-electron chi connectivity index (χ0n) is 9.84. The maximum Gasteiger partial charge on any atom is 0.0125 e. The summed E-state index contributed by atoms with van der Waals surface area (Å²) in [7, 11) is 2.23. The third-order valence-corrected chi connectivity index (χ3v) is 4.00. The van der Waals surface area contributed by atoms with Gasteiger partial charge in [0.1, 0.15) is 0 Å². The quantitative estimate of drug-likeness (QED) is 0.739. The number of piperidine rings is 1. The Labute approximate surface area is 88.1 Å². The molecule has 1 atom stereocenters. The van der Waals surface area contributed by atoms with Crippen molar-refractivity contribution in [2.24, 2.45) is 11.3 Å². The third kappa shape index (κ3) is 2.48. The molecule has 0 amide bonds. The summed E-state index contributed by atoms with van der Waals surface area (Å²) in [5.41, 5.74) is 0.589. The maximum atomic E-state index is 3.71. The molecule has 1 saturated carbocycles. The highest BCUT2D eigenvalue weighted by Gasteiger charge is 2.45. The average Bonchev–Trinajstić information content (AvgIpc) is 2.73. The van der Waals surface area contributed by atoms with Crippen molar-refractivity contribution < 1.29 is 0 Å². The van der Waals surface area contributed by atoms with E-state index in [1.165, 1.54) is 38.9 Å². The zero-order chi connectivity index (χ0) is 10.2. The first-order valence-electron chi connectivity index (χ1n) is 6.00. The summed E-state index contributed by atoms with van der Waals surface area (Å²) in [6.45, 7) is 8.56. The minimum absolute atomic E-state index is 0.589. The molecule has 2 heteroatoms. The number of hydrogen-bond acceptors (Lipinski definition) is 2. The molecule has 1 aliphatic carbocycles. The Hall–Kier alpha value is -0.0800. The fourth-order valence-electron chi connectivity index (χ4n) is 2.39. The molecule has 0 aromatic carbocycles. The molecule has 2 fully saturated rings. The van der Waals surface area contributed by atoms with Crippen molar-refractivity contribution in [2.45, 2.75) is 39.2 Å². The monoisotopic (exact) mass is 196 g/mol. The van der Waals surface area contributed by atoms with Gasteiger partial charge in [0.2, 0.25) is 0 Å². The zero-order valence-corrected chi connectivity index (χ0v) is 9.84. The van der Waals surface area contributed by atoms with E-state index >= 15 is 0 Å². The van der Waals surface area contributed by atoms with Gasteiger partial charge in [-0.3, -0.25) is 0 Å². The van der Waals surface area contributed by atoms with Crippen molar-refractivity contribution in [3.05, 3.63) is 0 Å². The van der Waals surface area contributed by atoms with Crippen LogP contribution in [0.5, 0.6) is 0 Å². The van der Waals surface area contributed by atoms with Gasteiger partial charge in [0.25, 0.3) is 0 Å². The molecule has 1 aliphatic heterocycles. The number of likely N-dealkylation sites (tertiary alicyclic amines) is 1. The third-order valence-electron chi connectivity index (χ3n) is 4.00. The molecule has 82 valence electrons. The van der Waals surface area contributed by atoms with E-state index in [4.69, 9.17) is 0 Å². The SMILES string of the molecule is CN1CCC(CNC2CC2(C)C)CC1. The molecule has 2 aliphatic rings. The van der Waals surface area contributed by atoms with E-state index in [1.54, 1.807) is 0 Å². The molecule has 0 spiro atoms. The molecule has 1 saturated heterocycles. The van der Waals surface area contributed by atoms with Crippen LogP contribution in [0.2, 0.25) is 0 Å². The molecule has 0 aromatic rings. The summed E-state index contributed by atoms with van der Waals surface area (Å²) >= 11 is 0. The van der Waals surface area contributed by atoms with Crippen LogP contribution < -0.4 is 5.32 Å². The van der Waals surface area contributed by atoms with E-state index in [-0.39, 0.29) is 0 Å². The smallest absolute Gasteiger partial charge is 0.0125 e. The highest BCUT2D eigenvalue weighted by atomic mass is 15.1. The van der Waals surface area contributed by atoms with Crippen LogP contribution in [0, 0.1) is 11.3 Å². The lowest BCUT2D eigenvalue weighted by Gasteiger charge is -2.29. The molecule has 2 nitrogen and oxygen atoms in total. The Morgan fingerprint density at radius 3 is 2.36 bits per heavy atom. The largest absolute Gasteiger partial charge is 0.313 e. The van der Waals surface area contributed by atoms with E-state index in [9.17, 15) is 0 Å². The minimum atomic E-state index is 0.589. The highest BCUT2D eigenvalue weighted by Crippen LogP contribution is 2.44. The molecule has 1 N–H and O–H groups in total. The topological polar surface area (TPSA) is 15.3 Å². The van der Waals surface area contributed by atoms with Crippen LogP contribution in [0.15, 0.2) is 0 Å². The van der Waals surface area contributed by atoms with E-state index in [1.807, 2.05) is 0 Å². The molecule has 0 aromatic heterocycles. The fraction of sp³-hybridized carbons (Fsp3) is 1.00. The van der Waals surface area contributed by atoms with E-state index < -0.39 is 0 Å². The first-order chi connectivity index (χ1) is 6.58. The molecule has 2 rings (SSSR count). The van der Waals surface area contributed by atoms with Crippen LogP contribution >= 0.6 is 0 Å². The van der Waals surface area contributed by atoms with E-state index in [2.05, 4.69) is 31.1 Å². The van der Waals surface area contributed by atoms with Crippen molar-refractivity contribution >= 4 is 0 Å². The van der Waals surface area contributed by atoms with Crippen molar-refractivity contribution in [3.63, 3.8) is 0 Å². The second kappa shape index (κ2) is 3.82. The van der Waals surface area contributed by atoms with Gasteiger partial charge in [0.05, 0.1) is 0 Å². The van der Waals surface area contributed by atoms with Crippen molar-refractivity contribution in [1.82, 2.24) is 10.2 Å². The van der Waals surface area contributed by atoms with Crippen molar-refractivity contribution in [2.75, 3.05) is 26.7 Å². The van der Waals surface area contributed by atoms with Crippen LogP contribution in [0.3, 0.4) is 0 Å². The van der Waals surface area contributed by atoms with Crippen LogP contribution in [-0.2, 0) is 0 Å². The number of nitrogens with zero attached hydrogens (tertiary/aromatic N) is 1. The number of hydrogen-bond donors (Lipinski definition) is 1. The second-order valence-corrected chi connectivity index (χ2v) is 5.90. The molecule has 0 bridgehead atoms. The molecule has 0 radical (unpaired) electrons. The van der Waals surface area contributed by atoms with E-state index in [0.717, 1.165) is 12.0 Å². The first-order valence-corrected chi connectivity index (χ1v) is 6.00. The predicted octanol–water partition coefficient (Wildman–Crippen LogP) is 1.72. The first kappa shape index (κ1) is 10.4. The van der Waals surface area contributed by atoms with Crippen LogP contribution in [0.25, 0.3) is 0 Å². The standard InChI is InChI=1S/C12H24N2/c1-12(2)8-11(12)13-9-10-4-6-14(3)7-5-10/h10-11,13H,4-9H2,1-3H3. The van der Waals surface area contributed by atoms with Gasteiger partial charge >= 0.3 is 0 Å². The van der Waals surface area contributed by atoms with Crippen LogP contribution in [0.1, 0.15) is 33.1 Å². The summed E-state index contributed by atoms with van der Waals surface area (Å²) in [6.07, 6.45) is 4.15. The van der Waals surface area contributed by atoms with Gasteiger partial charge in [-0.2, -0.15) is 0 Å². The van der Waals surface area contributed by atoms with Gasteiger partial charge in [-0.1, -0.05) is 13.8 Å². The Balaban J connectivity index is 1.62. The number of nitrogens with one attached hydrogen (secondary N) is 1. The lowest BCUT2D eigenvalue weighted by Crippen LogP contribution is -2.36. The van der Waals surface area contributed by atoms with Crippen LogP contribution in [0.4, 0.5) is 0 Å². The molecular weight excluding hydrogens is 172 g/mol. The summed E-state index contributed by atoms with van der Waals surface area (Å²) in [6, 6.07) is 0.808. The van der Waals surface area contributed by atoms with Gasteiger partial charge in [-0.25, -0.2) is 0 Å². The van der Waals surface area contributed by atoms with Gasteiger partial charge in [0, 0.05) is 6.04 Å². The number of rotatable bonds is 3. The maximum absolute atomic E-state index is 3.71. The minimum Gasteiger partial charge on any atom is -0.313 e. The fourth-order valence-corrected chi connectivity index (χ4v) is 2.39. The second-order valence-electron chi connectivity index (χ2n) is 5.90. The Kier molecular flexibility index (Phi) is 2.85. The van der Waals surface area contributed by atoms with Gasteiger partial charge < -0.3 is 10.2 Å². The van der Waals surface area contributed by atoms with Crippen LogP contribution in [-0.4, -0.2) is 37.6 Å². The summed E-state index contributed by atoms with van der Waals surface area (Å²) in [4.78, 5) is 2.44. The Morgan fingerprint density at radius 1 is 1.29 bits per heavy atom. The molecule has 14 heavy (non-hydrogen) atoms. The predicted molar refractivity (Wildman–Crippen MR) is 60.4 cm³/mol. The average molecular weight is 196 g/mol. The lowest BCUT2D eigenvalue weighted by molar-refractivity contribution is 0.214. The van der Waals surface area contributed by atoms with Gasteiger partial charge in [0.15, 0.2) is 0 Å². The Morgan fingerprint density at radius 2 is 1.86 bits per heavy atom. The molecular formula is C12H24N2. The lowest BCUT2D eigenvalue weighted by atomic mass is 9.97. The molecule has 1 unspecified atom stereocenters. The van der Waals surface area contributed by atoms with E-state index in [0.29, 0.717) is 5.41 Å². The normalized spacial score (nSPS) is 33.2. The highest BCUT2D eigenvalue weighted by molar-refractivity contribution is 5.01. The van der Waals surface area contributed by atoms with Crippen molar-refractivity contribution in [1.29, 1.82) is 0 Å². The summed E-state index contributed by atoms with van der Waals surface area (Å²) in [5, 5.41) is 3.71. The summed E-state index contributed by atoms with van der Waals surface area (Å²) in [5.74, 6) is 0.933. The van der Waals surface area contributed by atoms with Gasteiger partial charge in [-0.15, -0.1) is 0 Å². The van der Waals surface area contributed by atoms with Gasteiger partial charge in [-0.05, 0) is 57.3 Å².